The topological polar surface area (TPSA) is 44.0 Å². The van der Waals surface area contributed by atoms with Crippen molar-refractivity contribution in [2.45, 2.75) is 77.2 Å². The van der Waals surface area contributed by atoms with Gasteiger partial charge in [-0.05, 0) is 31.1 Å². The molecule has 1 unspecified atom stereocenters. The maximum Gasteiger partial charge on any atom is 0.0837 e. The highest BCUT2D eigenvalue weighted by atomic mass is 16.3. The van der Waals surface area contributed by atoms with Crippen LogP contribution in [0.15, 0.2) is 0 Å². The highest BCUT2D eigenvalue weighted by Gasteiger charge is 2.48. The number of nitriles is 1. The maximum absolute atomic E-state index is 10.8. The number of aliphatic hydroxyl groups is 1. The Morgan fingerprint density at radius 3 is 1.88 bits per heavy atom. The van der Waals surface area contributed by atoms with Crippen molar-refractivity contribution in [3.8, 4) is 6.07 Å². The van der Waals surface area contributed by atoms with E-state index in [2.05, 4.69) is 13.0 Å². The first-order valence-corrected chi connectivity index (χ1v) is 7.22. The van der Waals surface area contributed by atoms with Gasteiger partial charge in [-0.15, -0.1) is 0 Å². The lowest BCUT2D eigenvalue weighted by Crippen LogP contribution is -2.47. The van der Waals surface area contributed by atoms with Gasteiger partial charge in [0.05, 0.1) is 17.6 Å². The van der Waals surface area contributed by atoms with Gasteiger partial charge in [-0.25, -0.2) is 0 Å². The van der Waals surface area contributed by atoms with Crippen LogP contribution in [0.25, 0.3) is 0 Å². The lowest BCUT2D eigenvalue weighted by molar-refractivity contribution is -0.0712. The van der Waals surface area contributed by atoms with Crippen molar-refractivity contribution in [1.29, 1.82) is 5.26 Å². The van der Waals surface area contributed by atoms with Gasteiger partial charge in [-0.2, -0.15) is 5.26 Å². The first kappa shape index (κ1) is 12.9. The molecule has 2 saturated carbocycles. The van der Waals surface area contributed by atoms with Gasteiger partial charge in [0.25, 0.3) is 0 Å². The predicted molar refractivity (Wildman–Crippen MR) is 68.3 cm³/mol. The summed E-state index contributed by atoms with van der Waals surface area (Å²) in [6, 6.07) is 2.49. The van der Waals surface area contributed by atoms with E-state index < -0.39 is 11.5 Å². The van der Waals surface area contributed by atoms with E-state index >= 15 is 0 Å². The van der Waals surface area contributed by atoms with Gasteiger partial charge < -0.3 is 5.11 Å². The monoisotopic (exact) mass is 235 g/mol. The van der Waals surface area contributed by atoms with Crippen LogP contribution in [0.3, 0.4) is 0 Å². The molecular weight excluding hydrogens is 210 g/mol. The Kier molecular flexibility index (Phi) is 3.78. The van der Waals surface area contributed by atoms with Gasteiger partial charge in [-0.1, -0.05) is 45.4 Å². The molecule has 0 bridgehead atoms. The lowest BCUT2D eigenvalue weighted by Gasteiger charge is -2.46. The molecule has 96 valence electrons. The van der Waals surface area contributed by atoms with Gasteiger partial charge in [-0.3, -0.25) is 0 Å². The second-order valence-corrected chi connectivity index (χ2v) is 6.45. The molecule has 2 aliphatic carbocycles. The molecule has 2 aliphatic rings. The van der Waals surface area contributed by atoms with Gasteiger partial charge in [0.2, 0.25) is 0 Å². The summed E-state index contributed by atoms with van der Waals surface area (Å²) in [5.41, 5.74) is -0.449. The molecular formula is C15H25NO. The highest BCUT2D eigenvalue weighted by Crippen LogP contribution is 2.50. The number of nitrogens with zero attached hydrogens (tertiary/aromatic N) is 1. The van der Waals surface area contributed by atoms with Crippen molar-refractivity contribution < 1.29 is 5.11 Å². The SMILES string of the molecule is CC1(C(O)C2(C#N)CCCCC2)CCCCC1. The molecule has 0 radical (unpaired) electrons. The molecule has 0 aromatic carbocycles. The normalized spacial score (nSPS) is 29.2. The molecule has 0 amide bonds. The summed E-state index contributed by atoms with van der Waals surface area (Å²) in [6.07, 6.45) is 10.8. The standard InChI is InChI=1S/C15H25NO/c1-14(8-4-2-5-9-14)13(17)15(12-16)10-6-3-7-11-15/h13,17H,2-11H2,1H3. The summed E-state index contributed by atoms with van der Waals surface area (Å²) in [6.45, 7) is 2.20. The van der Waals surface area contributed by atoms with Crippen LogP contribution in [0.5, 0.6) is 0 Å². The molecule has 0 saturated heterocycles. The largest absolute Gasteiger partial charge is 0.391 e. The van der Waals surface area contributed by atoms with Crippen molar-refractivity contribution in [2.75, 3.05) is 0 Å². The zero-order valence-electron chi connectivity index (χ0n) is 11.0. The van der Waals surface area contributed by atoms with E-state index in [0.717, 1.165) is 38.5 Å². The van der Waals surface area contributed by atoms with Crippen LogP contribution in [0.1, 0.15) is 71.1 Å². The molecule has 2 rings (SSSR count). The van der Waals surface area contributed by atoms with Crippen LogP contribution in [-0.2, 0) is 0 Å². The van der Waals surface area contributed by atoms with Gasteiger partial charge in [0, 0.05) is 0 Å². The summed E-state index contributed by atoms with van der Waals surface area (Å²) >= 11 is 0. The molecule has 2 heteroatoms. The second kappa shape index (κ2) is 4.98. The minimum Gasteiger partial charge on any atom is -0.391 e. The Hall–Kier alpha value is -0.550. The summed E-state index contributed by atoms with van der Waals surface area (Å²) < 4.78 is 0. The quantitative estimate of drug-likeness (QED) is 0.791. The molecule has 1 N–H and O–H groups in total. The average Bonchev–Trinajstić information content (AvgIpc) is 2.39. The van der Waals surface area contributed by atoms with Gasteiger partial charge in [0.15, 0.2) is 0 Å². The zero-order chi connectivity index (χ0) is 12.4. The smallest absolute Gasteiger partial charge is 0.0837 e. The summed E-state index contributed by atoms with van der Waals surface area (Å²) in [5, 5.41) is 20.3. The van der Waals surface area contributed by atoms with Crippen LogP contribution in [0.2, 0.25) is 0 Å². The van der Waals surface area contributed by atoms with Gasteiger partial charge in [0.1, 0.15) is 0 Å². The summed E-state index contributed by atoms with van der Waals surface area (Å²) in [4.78, 5) is 0. The minimum atomic E-state index is -0.440. The van der Waals surface area contributed by atoms with Crippen LogP contribution in [0.4, 0.5) is 0 Å². The molecule has 0 aromatic heterocycles. The fraction of sp³-hybridized carbons (Fsp3) is 0.933. The molecule has 0 spiro atoms. The van der Waals surface area contributed by atoms with Crippen molar-refractivity contribution >= 4 is 0 Å². The maximum atomic E-state index is 10.8. The van der Waals surface area contributed by atoms with Crippen molar-refractivity contribution in [1.82, 2.24) is 0 Å². The molecule has 0 heterocycles. The molecule has 17 heavy (non-hydrogen) atoms. The van der Waals surface area contributed by atoms with Crippen LogP contribution >= 0.6 is 0 Å². The first-order valence-electron chi connectivity index (χ1n) is 7.22. The molecule has 0 aromatic rings. The number of aliphatic hydroxyl groups excluding tert-OH is 1. The summed E-state index contributed by atoms with van der Waals surface area (Å²) in [7, 11) is 0. The Morgan fingerprint density at radius 1 is 0.941 bits per heavy atom. The predicted octanol–water partition coefficient (Wildman–Crippen LogP) is 3.79. The minimum absolute atomic E-state index is 0.00861. The van der Waals surface area contributed by atoms with E-state index in [-0.39, 0.29) is 5.41 Å². The van der Waals surface area contributed by atoms with E-state index in [4.69, 9.17) is 0 Å². The molecule has 0 aliphatic heterocycles. The lowest BCUT2D eigenvalue weighted by atomic mass is 9.59. The summed E-state index contributed by atoms with van der Waals surface area (Å²) in [5.74, 6) is 0. The average molecular weight is 235 g/mol. The van der Waals surface area contributed by atoms with E-state index in [1.54, 1.807) is 0 Å². The fourth-order valence-electron chi connectivity index (χ4n) is 3.93. The second-order valence-electron chi connectivity index (χ2n) is 6.45. The molecule has 1 atom stereocenters. The fourth-order valence-corrected chi connectivity index (χ4v) is 3.93. The van der Waals surface area contributed by atoms with Crippen molar-refractivity contribution in [2.24, 2.45) is 10.8 Å². The Morgan fingerprint density at radius 2 is 1.41 bits per heavy atom. The highest BCUT2D eigenvalue weighted by molar-refractivity contribution is 5.09. The Bertz CT molecular complexity index is 293. The number of hydrogen-bond donors (Lipinski definition) is 1. The first-order chi connectivity index (χ1) is 8.13. The van der Waals surface area contributed by atoms with E-state index in [9.17, 15) is 10.4 Å². The third kappa shape index (κ3) is 2.36. The third-order valence-corrected chi connectivity index (χ3v) is 5.15. The van der Waals surface area contributed by atoms with E-state index in [1.807, 2.05) is 0 Å². The van der Waals surface area contributed by atoms with E-state index in [0.29, 0.717) is 0 Å². The number of hydrogen-bond acceptors (Lipinski definition) is 2. The Balaban J connectivity index is 2.15. The van der Waals surface area contributed by atoms with E-state index in [1.165, 1.54) is 25.7 Å². The van der Waals surface area contributed by atoms with Gasteiger partial charge >= 0.3 is 0 Å². The zero-order valence-corrected chi connectivity index (χ0v) is 11.0. The number of rotatable bonds is 2. The van der Waals surface area contributed by atoms with Crippen LogP contribution in [0, 0.1) is 22.2 Å². The third-order valence-electron chi connectivity index (χ3n) is 5.15. The molecule has 2 nitrogen and oxygen atoms in total. The molecule has 2 fully saturated rings. The van der Waals surface area contributed by atoms with Crippen molar-refractivity contribution in [3.63, 3.8) is 0 Å². The Labute approximate surface area is 105 Å². The van der Waals surface area contributed by atoms with Crippen LogP contribution < -0.4 is 0 Å². The van der Waals surface area contributed by atoms with Crippen LogP contribution in [-0.4, -0.2) is 11.2 Å². The van der Waals surface area contributed by atoms with Crippen molar-refractivity contribution in [3.05, 3.63) is 0 Å².